The Bertz CT molecular complexity index is 679. The molecule has 2 aliphatic heterocycles. The minimum atomic E-state index is 0.525. The van der Waals surface area contributed by atoms with Crippen molar-refractivity contribution < 1.29 is 0 Å². The molecule has 5 heteroatoms. The van der Waals surface area contributed by atoms with Gasteiger partial charge in [-0.3, -0.25) is 0 Å². The fourth-order valence-electron chi connectivity index (χ4n) is 4.28. The summed E-state index contributed by atoms with van der Waals surface area (Å²) in [6.07, 6.45) is 5.64. The van der Waals surface area contributed by atoms with E-state index in [-0.39, 0.29) is 0 Å². The van der Waals surface area contributed by atoms with Crippen molar-refractivity contribution in [2.45, 2.75) is 38.1 Å². The molecule has 0 aromatic carbocycles. The van der Waals surface area contributed by atoms with E-state index in [1.165, 1.54) is 38.2 Å². The number of nitrogens with zero attached hydrogens (tertiary/aromatic N) is 5. The van der Waals surface area contributed by atoms with Crippen LogP contribution in [0.1, 0.15) is 44.0 Å². The average molecular weight is 313 g/mol. The number of likely N-dealkylation sites (tertiary alicyclic amines) is 2. The van der Waals surface area contributed by atoms with Crippen LogP contribution in [0.25, 0.3) is 11.2 Å². The zero-order valence-electron chi connectivity index (χ0n) is 14.3. The highest BCUT2D eigenvalue weighted by molar-refractivity contribution is 5.71. The Hall–Kier alpha value is -1.46. The molecule has 0 N–H and O–H groups in total. The molecule has 2 atom stereocenters. The van der Waals surface area contributed by atoms with Crippen LogP contribution in [-0.4, -0.2) is 64.1 Å². The standard InChI is InChI=1S/C18H27N5/c1-3-22-11-8-15(13-22)23-17(14-6-5-10-21(2)12-14)20-16-7-4-9-19-18(16)23/h4,7,9,14-15H,3,5-6,8,10-13H2,1-2H3. The molecule has 2 fully saturated rings. The summed E-state index contributed by atoms with van der Waals surface area (Å²) in [6, 6.07) is 4.64. The smallest absolute Gasteiger partial charge is 0.160 e. The van der Waals surface area contributed by atoms with Gasteiger partial charge in [-0.05, 0) is 51.5 Å². The molecule has 2 aliphatic rings. The van der Waals surface area contributed by atoms with E-state index < -0.39 is 0 Å². The number of fused-ring (bicyclic) bond motifs is 1. The van der Waals surface area contributed by atoms with E-state index >= 15 is 0 Å². The topological polar surface area (TPSA) is 37.2 Å². The van der Waals surface area contributed by atoms with Gasteiger partial charge in [0.05, 0.1) is 6.04 Å². The molecule has 0 saturated carbocycles. The fraction of sp³-hybridized carbons (Fsp3) is 0.667. The second-order valence-corrected chi connectivity index (χ2v) is 7.12. The number of imidazole rings is 1. The summed E-state index contributed by atoms with van der Waals surface area (Å²) in [7, 11) is 2.23. The molecule has 2 aromatic heterocycles. The molecule has 2 saturated heterocycles. The van der Waals surface area contributed by atoms with Crippen LogP contribution < -0.4 is 0 Å². The van der Waals surface area contributed by atoms with Crippen molar-refractivity contribution in [3.05, 3.63) is 24.2 Å². The highest BCUT2D eigenvalue weighted by Crippen LogP contribution is 2.33. The van der Waals surface area contributed by atoms with Gasteiger partial charge >= 0.3 is 0 Å². The number of aromatic nitrogens is 3. The van der Waals surface area contributed by atoms with Crippen molar-refractivity contribution in [2.75, 3.05) is 39.8 Å². The lowest BCUT2D eigenvalue weighted by molar-refractivity contribution is 0.241. The van der Waals surface area contributed by atoms with Crippen LogP contribution in [0, 0.1) is 0 Å². The van der Waals surface area contributed by atoms with Crippen molar-refractivity contribution in [1.82, 2.24) is 24.3 Å². The Kier molecular flexibility index (Phi) is 4.07. The van der Waals surface area contributed by atoms with Crippen LogP contribution in [0.4, 0.5) is 0 Å². The number of likely N-dealkylation sites (N-methyl/N-ethyl adjacent to an activating group) is 2. The Balaban J connectivity index is 1.75. The van der Waals surface area contributed by atoms with Gasteiger partial charge in [-0.2, -0.15) is 0 Å². The Morgan fingerprint density at radius 3 is 2.91 bits per heavy atom. The monoisotopic (exact) mass is 313 g/mol. The SMILES string of the molecule is CCN1CCC(n2c(C3CCCN(C)C3)nc3cccnc32)C1. The van der Waals surface area contributed by atoms with Gasteiger partial charge in [0.2, 0.25) is 0 Å². The van der Waals surface area contributed by atoms with E-state index in [1.807, 2.05) is 12.3 Å². The van der Waals surface area contributed by atoms with Crippen molar-refractivity contribution in [3.8, 4) is 0 Å². The lowest BCUT2D eigenvalue weighted by Crippen LogP contribution is -2.33. The molecule has 4 rings (SSSR count). The maximum absolute atomic E-state index is 5.02. The molecule has 124 valence electrons. The molecule has 0 aliphatic carbocycles. The minimum absolute atomic E-state index is 0.525. The largest absolute Gasteiger partial charge is 0.308 e. The first kappa shape index (κ1) is 15.1. The van der Waals surface area contributed by atoms with Gasteiger partial charge in [0.15, 0.2) is 5.65 Å². The summed E-state index contributed by atoms with van der Waals surface area (Å²) in [4.78, 5) is 14.7. The van der Waals surface area contributed by atoms with Crippen LogP contribution in [0.2, 0.25) is 0 Å². The summed E-state index contributed by atoms with van der Waals surface area (Å²) >= 11 is 0. The van der Waals surface area contributed by atoms with Gasteiger partial charge in [0.1, 0.15) is 11.3 Å². The van der Waals surface area contributed by atoms with Crippen LogP contribution in [-0.2, 0) is 0 Å². The third-order valence-electron chi connectivity index (χ3n) is 5.53. The van der Waals surface area contributed by atoms with Gasteiger partial charge < -0.3 is 14.4 Å². The summed E-state index contributed by atoms with van der Waals surface area (Å²) in [5.74, 6) is 1.81. The van der Waals surface area contributed by atoms with Crippen molar-refractivity contribution in [2.24, 2.45) is 0 Å². The Labute approximate surface area is 138 Å². The van der Waals surface area contributed by atoms with Crippen molar-refractivity contribution in [1.29, 1.82) is 0 Å². The molecule has 0 radical (unpaired) electrons. The highest BCUT2D eigenvalue weighted by atomic mass is 15.2. The first-order valence-electron chi connectivity index (χ1n) is 9.00. The Morgan fingerprint density at radius 2 is 2.13 bits per heavy atom. The van der Waals surface area contributed by atoms with E-state index in [0.717, 1.165) is 30.8 Å². The molecule has 23 heavy (non-hydrogen) atoms. The maximum atomic E-state index is 5.02. The number of rotatable bonds is 3. The number of piperidine rings is 1. The molecule has 0 spiro atoms. The third-order valence-corrected chi connectivity index (χ3v) is 5.53. The molecule has 0 bridgehead atoms. The normalized spacial score (nSPS) is 27.0. The second kappa shape index (κ2) is 6.21. The highest BCUT2D eigenvalue weighted by Gasteiger charge is 2.31. The average Bonchev–Trinajstić information content (AvgIpc) is 3.18. The molecular weight excluding hydrogens is 286 g/mol. The Morgan fingerprint density at radius 1 is 1.22 bits per heavy atom. The summed E-state index contributed by atoms with van der Waals surface area (Å²) < 4.78 is 2.48. The van der Waals surface area contributed by atoms with E-state index in [4.69, 9.17) is 4.98 Å². The number of hydrogen-bond acceptors (Lipinski definition) is 4. The summed E-state index contributed by atoms with van der Waals surface area (Å²) in [5.41, 5.74) is 2.14. The van der Waals surface area contributed by atoms with Crippen molar-refractivity contribution >= 4 is 11.2 Å². The summed E-state index contributed by atoms with van der Waals surface area (Å²) in [6.45, 7) is 8.04. The van der Waals surface area contributed by atoms with Gasteiger partial charge in [0.25, 0.3) is 0 Å². The van der Waals surface area contributed by atoms with Crippen LogP contribution >= 0.6 is 0 Å². The third kappa shape index (κ3) is 2.76. The van der Waals surface area contributed by atoms with Gasteiger partial charge in [-0.15, -0.1) is 0 Å². The van der Waals surface area contributed by atoms with Gasteiger partial charge in [-0.25, -0.2) is 9.97 Å². The minimum Gasteiger partial charge on any atom is -0.308 e. The summed E-state index contributed by atoms with van der Waals surface area (Å²) in [5, 5.41) is 0. The first-order valence-corrected chi connectivity index (χ1v) is 9.00. The molecule has 2 unspecified atom stereocenters. The predicted octanol–water partition coefficient (Wildman–Crippen LogP) is 2.51. The lowest BCUT2D eigenvalue weighted by atomic mass is 9.97. The fourth-order valence-corrected chi connectivity index (χ4v) is 4.28. The zero-order chi connectivity index (χ0) is 15.8. The zero-order valence-corrected chi connectivity index (χ0v) is 14.3. The van der Waals surface area contributed by atoms with Crippen LogP contribution in [0.3, 0.4) is 0 Å². The number of hydrogen-bond donors (Lipinski definition) is 0. The van der Waals surface area contributed by atoms with Gasteiger partial charge in [-0.1, -0.05) is 6.92 Å². The van der Waals surface area contributed by atoms with Crippen LogP contribution in [0.15, 0.2) is 18.3 Å². The second-order valence-electron chi connectivity index (χ2n) is 7.12. The quantitative estimate of drug-likeness (QED) is 0.872. The van der Waals surface area contributed by atoms with Crippen LogP contribution in [0.5, 0.6) is 0 Å². The van der Waals surface area contributed by atoms with E-state index in [2.05, 4.69) is 39.4 Å². The molecule has 0 amide bonds. The molecule has 4 heterocycles. The predicted molar refractivity (Wildman–Crippen MR) is 92.8 cm³/mol. The molecule has 2 aromatic rings. The molecular formula is C18H27N5. The number of pyridine rings is 1. The van der Waals surface area contributed by atoms with Gasteiger partial charge in [0, 0.05) is 31.7 Å². The van der Waals surface area contributed by atoms with Crippen molar-refractivity contribution in [3.63, 3.8) is 0 Å². The van der Waals surface area contributed by atoms with E-state index in [0.29, 0.717) is 12.0 Å². The van der Waals surface area contributed by atoms with E-state index in [9.17, 15) is 0 Å². The molecule has 5 nitrogen and oxygen atoms in total. The lowest BCUT2D eigenvalue weighted by Gasteiger charge is -2.30. The first-order chi connectivity index (χ1) is 11.3. The maximum Gasteiger partial charge on any atom is 0.160 e. The van der Waals surface area contributed by atoms with E-state index in [1.54, 1.807) is 0 Å².